The summed E-state index contributed by atoms with van der Waals surface area (Å²) in [5.41, 5.74) is 11.8. The van der Waals surface area contributed by atoms with Crippen LogP contribution in [-0.2, 0) is 37.7 Å². The number of rotatable bonds is 7. The van der Waals surface area contributed by atoms with E-state index in [1.54, 1.807) is 0 Å². The molecule has 5 rings (SSSR count). The molecule has 0 saturated heterocycles. The maximum atomic E-state index is 11.4. The van der Waals surface area contributed by atoms with Crippen molar-refractivity contribution in [3.8, 4) is 33.5 Å². The Morgan fingerprint density at radius 3 is 2.06 bits per heavy atom. The van der Waals surface area contributed by atoms with E-state index in [1.165, 1.54) is 55.8 Å². The van der Waals surface area contributed by atoms with Gasteiger partial charge in [-0.1, -0.05) is 118 Å². The van der Waals surface area contributed by atoms with Crippen molar-refractivity contribution in [2.24, 2.45) is 22.7 Å². The number of ketones is 1. The van der Waals surface area contributed by atoms with Gasteiger partial charge in [-0.25, -0.2) is 0 Å². The summed E-state index contributed by atoms with van der Waals surface area (Å²) in [4.78, 5) is 16.3. The molecule has 0 fully saturated rings. The zero-order valence-corrected chi connectivity index (χ0v) is 32.8. The standard InChI is InChI=1S/C32H34N.C11H20O2.Ir/c1-20-8-10-25-26(14-20)27-16-21(18-31(2,3)4)9-11-24(27)28-17-22(19-32(5,6)7)15-23-12-13-33-30(25)29(23)28;1-5-8(3)10(12)7-11(13)9(4)6-2;/h8-9,11-17H,18-19H2,1-7H3;7-9,12H,5-6H2,1-4H3;/q-1;;/b;10-7-;. The maximum Gasteiger partial charge on any atom is 0.161 e. The summed E-state index contributed by atoms with van der Waals surface area (Å²) in [6.07, 6.45) is 7.11. The van der Waals surface area contributed by atoms with Crippen molar-refractivity contribution >= 4 is 16.6 Å². The number of nitrogens with zero attached hydrogens (tertiary/aromatic N) is 1. The Bertz CT molecular complexity index is 1750. The van der Waals surface area contributed by atoms with Crippen LogP contribution in [0.5, 0.6) is 0 Å². The van der Waals surface area contributed by atoms with Crippen LogP contribution in [0.25, 0.3) is 44.3 Å². The number of aliphatic hydroxyl groups excluding tert-OH is 1. The summed E-state index contributed by atoms with van der Waals surface area (Å²) in [6.45, 7) is 23.8. The predicted molar refractivity (Wildman–Crippen MR) is 196 cm³/mol. The van der Waals surface area contributed by atoms with Crippen LogP contribution in [0.3, 0.4) is 0 Å². The molecule has 3 nitrogen and oxygen atoms in total. The largest absolute Gasteiger partial charge is 0.512 e. The third kappa shape index (κ3) is 9.52. The number of fused-ring (bicyclic) bond motifs is 5. The van der Waals surface area contributed by atoms with Crippen LogP contribution in [-0.4, -0.2) is 15.9 Å². The van der Waals surface area contributed by atoms with E-state index in [4.69, 9.17) is 4.98 Å². The molecule has 253 valence electrons. The summed E-state index contributed by atoms with van der Waals surface area (Å²) < 4.78 is 0. The van der Waals surface area contributed by atoms with Crippen molar-refractivity contribution in [1.29, 1.82) is 0 Å². The summed E-state index contributed by atoms with van der Waals surface area (Å²) in [5.74, 6) is 0.354. The van der Waals surface area contributed by atoms with Gasteiger partial charge in [-0.3, -0.25) is 4.79 Å². The van der Waals surface area contributed by atoms with Gasteiger partial charge in [0.05, 0.1) is 5.76 Å². The number of carbonyl (C=O) groups is 1. The molecule has 0 bridgehead atoms. The Morgan fingerprint density at radius 2 is 1.45 bits per heavy atom. The molecule has 4 aromatic rings. The number of hydrogen-bond acceptors (Lipinski definition) is 3. The molecule has 47 heavy (non-hydrogen) atoms. The second-order valence-electron chi connectivity index (χ2n) is 15.8. The Kier molecular flexibility index (Phi) is 12.6. The molecule has 1 heterocycles. The fraction of sp³-hybridized carbons (Fsp3) is 0.442. The van der Waals surface area contributed by atoms with Crippen LogP contribution in [0.4, 0.5) is 0 Å². The Hall–Kier alpha value is -3.07. The van der Waals surface area contributed by atoms with Crippen LogP contribution >= 0.6 is 0 Å². The average molecular weight is 809 g/mol. The van der Waals surface area contributed by atoms with Crippen LogP contribution in [0.1, 0.15) is 98.8 Å². The van der Waals surface area contributed by atoms with Gasteiger partial charge in [-0.05, 0) is 81.3 Å². The molecular weight excluding hydrogens is 755 g/mol. The van der Waals surface area contributed by atoms with Crippen molar-refractivity contribution in [3.63, 3.8) is 0 Å². The second kappa shape index (κ2) is 15.4. The monoisotopic (exact) mass is 809 g/mol. The molecule has 2 atom stereocenters. The minimum atomic E-state index is 0. The normalized spacial score (nSPS) is 13.7. The van der Waals surface area contributed by atoms with Crippen LogP contribution in [0, 0.1) is 35.7 Å². The van der Waals surface area contributed by atoms with Gasteiger partial charge in [0, 0.05) is 44.2 Å². The van der Waals surface area contributed by atoms with Crippen molar-refractivity contribution in [2.45, 2.75) is 102 Å². The SMILES string of the molecule is CCC(C)C(=O)/C=C(\O)C(C)CC.Cc1c[c-]c2c(c1)-c1cc(CC(C)(C)C)ccc1-c1cc(CC(C)(C)C)cc3ccnc-2c13.[Ir]. The molecule has 1 aliphatic rings. The zero-order chi connectivity index (χ0) is 34.0. The number of allylic oxidation sites excluding steroid dienone is 2. The van der Waals surface area contributed by atoms with Gasteiger partial charge in [0.25, 0.3) is 0 Å². The molecule has 0 saturated carbocycles. The number of hydrogen-bond donors (Lipinski definition) is 1. The van der Waals surface area contributed by atoms with E-state index < -0.39 is 0 Å². The molecule has 1 N–H and O–H groups in total. The summed E-state index contributed by atoms with van der Waals surface area (Å²) in [6, 6.07) is 22.0. The van der Waals surface area contributed by atoms with Crippen molar-refractivity contribution < 1.29 is 30.0 Å². The molecule has 4 heteroatoms. The van der Waals surface area contributed by atoms with E-state index in [-0.39, 0.29) is 54.3 Å². The van der Waals surface area contributed by atoms with Crippen molar-refractivity contribution in [3.05, 3.63) is 89.3 Å². The van der Waals surface area contributed by atoms with Crippen LogP contribution in [0.2, 0.25) is 0 Å². The number of carbonyl (C=O) groups excluding carboxylic acids is 1. The quantitative estimate of drug-likeness (QED) is 0.101. The van der Waals surface area contributed by atoms with E-state index >= 15 is 0 Å². The first-order chi connectivity index (χ1) is 21.5. The molecule has 0 amide bonds. The van der Waals surface area contributed by atoms with E-state index in [0.29, 0.717) is 0 Å². The molecule has 0 aliphatic heterocycles. The van der Waals surface area contributed by atoms with Gasteiger partial charge >= 0.3 is 0 Å². The number of benzene rings is 3. The first-order valence-corrected chi connectivity index (χ1v) is 17.0. The van der Waals surface area contributed by atoms with Gasteiger partial charge < -0.3 is 10.1 Å². The molecule has 2 unspecified atom stereocenters. The first kappa shape index (κ1) is 38.4. The van der Waals surface area contributed by atoms with Gasteiger partial charge in [-0.15, -0.1) is 29.3 Å². The molecule has 3 aromatic carbocycles. The van der Waals surface area contributed by atoms with E-state index in [2.05, 4.69) is 103 Å². The minimum absolute atomic E-state index is 0. The summed E-state index contributed by atoms with van der Waals surface area (Å²) in [5, 5.41) is 12.0. The molecule has 1 radical (unpaired) electrons. The third-order valence-electron chi connectivity index (χ3n) is 8.88. The first-order valence-electron chi connectivity index (χ1n) is 17.0. The van der Waals surface area contributed by atoms with Crippen LogP contribution < -0.4 is 0 Å². The third-order valence-corrected chi connectivity index (χ3v) is 8.88. The molecular formula is C43H54IrNO2-. The summed E-state index contributed by atoms with van der Waals surface area (Å²) >= 11 is 0. The number of aliphatic hydroxyl groups is 1. The number of aromatic nitrogens is 1. The Labute approximate surface area is 297 Å². The fourth-order valence-electron chi connectivity index (χ4n) is 6.12. The minimum Gasteiger partial charge on any atom is -0.512 e. The van der Waals surface area contributed by atoms with E-state index in [9.17, 15) is 9.90 Å². The second-order valence-corrected chi connectivity index (χ2v) is 15.8. The zero-order valence-electron chi connectivity index (χ0n) is 30.4. The van der Waals surface area contributed by atoms with E-state index in [1.807, 2.05) is 33.9 Å². The number of aryl methyl sites for hydroxylation is 1. The smallest absolute Gasteiger partial charge is 0.161 e. The van der Waals surface area contributed by atoms with Gasteiger partial charge in [0.15, 0.2) is 5.78 Å². The van der Waals surface area contributed by atoms with E-state index in [0.717, 1.165) is 36.9 Å². The topological polar surface area (TPSA) is 50.2 Å². The van der Waals surface area contributed by atoms with Crippen molar-refractivity contribution in [2.75, 3.05) is 0 Å². The predicted octanol–water partition coefficient (Wildman–Crippen LogP) is 11.9. The Morgan fingerprint density at radius 1 is 0.830 bits per heavy atom. The molecule has 1 aliphatic carbocycles. The fourth-order valence-corrected chi connectivity index (χ4v) is 6.12. The van der Waals surface area contributed by atoms with Gasteiger partial charge in [0.1, 0.15) is 0 Å². The average Bonchev–Trinajstić information content (AvgIpc) is 3.08. The van der Waals surface area contributed by atoms with Gasteiger partial charge in [0.2, 0.25) is 0 Å². The molecule has 1 aromatic heterocycles. The molecule has 0 spiro atoms. The van der Waals surface area contributed by atoms with Crippen molar-refractivity contribution in [1.82, 2.24) is 4.98 Å². The number of pyridine rings is 1. The Balaban J connectivity index is 0.000000367. The van der Waals surface area contributed by atoms with Gasteiger partial charge in [-0.2, -0.15) is 0 Å². The summed E-state index contributed by atoms with van der Waals surface area (Å²) in [7, 11) is 0. The maximum absolute atomic E-state index is 11.4. The van der Waals surface area contributed by atoms with Crippen LogP contribution in [0.15, 0.2) is 66.6 Å².